The van der Waals surface area contributed by atoms with Crippen LogP contribution in [0.25, 0.3) is 0 Å². The molecule has 1 rings (SSSR count). The fourth-order valence-corrected chi connectivity index (χ4v) is 1.81. The predicted octanol–water partition coefficient (Wildman–Crippen LogP) is 1.32. The number of rotatable bonds is 5. The Kier molecular flexibility index (Phi) is 5.27. The zero-order valence-corrected chi connectivity index (χ0v) is 10.1. The Labute approximate surface area is 96.9 Å². The van der Waals surface area contributed by atoms with Gasteiger partial charge >= 0.3 is 17.4 Å². The number of ether oxygens (including phenoxy) is 2. The van der Waals surface area contributed by atoms with E-state index in [1.165, 1.54) is 13.4 Å². The molecule has 16 heavy (non-hydrogen) atoms. The molecule has 0 fully saturated rings. The summed E-state index contributed by atoms with van der Waals surface area (Å²) >= 11 is -1.84. The minimum Gasteiger partial charge on any atom is -0.448 e. The molecule has 1 atom stereocenters. The summed E-state index contributed by atoms with van der Waals surface area (Å²) in [5.41, 5.74) is 0.391. The minimum atomic E-state index is -1.84. The van der Waals surface area contributed by atoms with E-state index >= 15 is 0 Å². The van der Waals surface area contributed by atoms with E-state index in [0.29, 0.717) is 12.3 Å². The lowest BCUT2D eigenvalue weighted by molar-refractivity contribution is 0.126. The molecule has 1 aliphatic heterocycles. The first-order chi connectivity index (χ1) is 7.70. The van der Waals surface area contributed by atoms with Gasteiger partial charge in [0.05, 0.1) is 13.2 Å². The summed E-state index contributed by atoms with van der Waals surface area (Å²) in [6.45, 7) is 2.44. The lowest BCUT2D eigenvalue weighted by atomic mass is 10.4. The first kappa shape index (κ1) is 13.0. The zero-order valence-electron chi connectivity index (χ0n) is 9.30. The van der Waals surface area contributed by atoms with Gasteiger partial charge in [0.1, 0.15) is 12.0 Å². The number of carbonyl (C=O) groups is 1. The van der Waals surface area contributed by atoms with E-state index in [4.69, 9.17) is 13.7 Å². The average Bonchev–Trinajstić information content (AvgIpc) is 2.61. The summed E-state index contributed by atoms with van der Waals surface area (Å²) in [6.07, 6.45) is 2.26. The highest BCUT2D eigenvalue weighted by atomic mass is 32.2. The molecular weight excluding hydrogens is 234 g/mol. The third kappa shape index (κ3) is 3.21. The number of amides is 1. The van der Waals surface area contributed by atoms with Crippen LogP contribution in [0, 0.1) is 0 Å². The van der Waals surface area contributed by atoms with Gasteiger partial charge in [0, 0.05) is 7.11 Å². The van der Waals surface area contributed by atoms with E-state index in [0.717, 1.165) is 17.1 Å². The smallest absolute Gasteiger partial charge is 0.429 e. The van der Waals surface area contributed by atoms with Crippen molar-refractivity contribution in [3.05, 3.63) is 12.0 Å². The minimum absolute atomic E-state index is 0.147. The summed E-state index contributed by atoms with van der Waals surface area (Å²) in [4.78, 5) is 11.6. The van der Waals surface area contributed by atoms with Gasteiger partial charge in [-0.15, -0.1) is 0 Å². The molecule has 0 saturated heterocycles. The fourth-order valence-electron chi connectivity index (χ4n) is 1.06. The van der Waals surface area contributed by atoms with Gasteiger partial charge in [-0.25, -0.2) is 4.79 Å². The van der Waals surface area contributed by atoms with Gasteiger partial charge in [0.25, 0.3) is 0 Å². The van der Waals surface area contributed by atoms with Gasteiger partial charge < -0.3 is 13.7 Å². The van der Waals surface area contributed by atoms with Crippen molar-refractivity contribution in [1.82, 2.24) is 4.31 Å². The third-order valence-corrected chi connectivity index (χ3v) is 2.80. The Bertz CT molecular complexity index is 304. The van der Waals surface area contributed by atoms with Gasteiger partial charge in [0.15, 0.2) is 0 Å². The van der Waals surface area contributed by atoms with Crippen molar-refractivity contribution >= 4 is 17.4 Å². The molecule has 1 heterocycles. The molecule has 92 valence electrons. The van der Waals surface area contributed by atoms with Crippen molar-refractivity contribution in [3.8, 4) is 0 Å². The van der Waals surface area contributed by atoms with Crippen LogP contribution < -0.4 is 0 Å². The Morgan fingerprint density at radius 3 is 3.00 bits per heavy atom. The molecule has 0 radical (unpaired) electrons. The maximum absolute atomic E-state index is 11.6. The third-order valence-electron chi connectivity index (χ3n) is 1.86. The SMILES string of the molecule is CCCCOC(=O)N1C(COC)=COS1=O. The molecule has 0 saturated carbocycles. The second-order valence-electron chi connectivity index (χ2n) is 3.12. The number of nitrogens with zero attached hydrogens (tertiary/aromatic N) is 1. The maximum Gasteiger partial charge on any atom is 0.429 e. The van der Waals surface area contributed by atoms with Crippen molar-refractivity contribution in [2.75, 3.05) is 20.3 Å². The molecule has 1 unspecified atom stereocenters. The van der Waals surface area contributed by atoms with E-state index in [1.807, 2.05) is 6.92 Å². The van der Waals surface area contributed by atoms with Crippen LogP contribution in [-0.4, -0.2) is 34.9 Å². The van der Waals surface area contributed by atoms with Gasteiger partial charge in [-0.05, 0) is 6.42 Å². The molecule has 7 heteroatoms. The van der Waals surface area contributed by atoms with Crippen LogP contribution >= 0.6 is 0 Å². The van der Waals surface area contributed by atoms with Gasteiger partial charge in [-0.3, -0.25) is 0 Å². The zero-order chi connectivity index (χ0) is 12.0. The van der Waals surface area contributed by atoms with Crippen molar-refractivity contribution in [3.63, 3.8) is 0 Å². The predicted molar refractivity (Wildman–Crippen MR) is 57.3 cm³/mol. The Hall–Kier alpha value is -1.08. The van der Waals surface area contributed by atoms with E-state index < -0.39 is 17.4 Å². The Balaban J connectivity index is 2.52. The standard InChI is InChI=1S/C9H15NO5S/c1-3-4-5-14-9(11)10-8(6-13-2)7-15-16(10)12/h7H,3-6H2,1-2H3. The molecule has 0 aromatic rings. The summed E-state index contributed by atoms with van der Waals surface area (Å²) < 4.78 is 26.8. The lowest BCUT2D eigenvalue weighted by Crippen LogP contribution is -2.31. The molecule has 6 nitrogen and oxygen atoms in total. The van der Waals surface area contributed by atoms with E-state index in [-0.39, 0.29) is 6.61 Å². The lowest BCUT2D eigenvalue weighted by Gasteiger charge is -2.14. The number of methoxy groups -OCH3 is 1. The molecule has 0 bridgehead atoms. The quantitative estimate of drug-likeness (QED) is 0.687. The summed E-state index contributed by atoms with van der Waals surface area (Å²) in [5, 5.41) is 0. The second-order valence-corrected chi connectivity index (χ2v) is 4.11. The molecule has 0 aliphatic carbocycles. The highest BCUT2D eigenvalue weighted by molar-refractivity contribution is 7.78. The number of hydrogen-bond donors (Lipinski definition) is 0. The summed E-state index contributed by atoms with van der Waals surface area (Å²) in [6, 6.07) is 0. The maximum atomic E-state index is 11.6. The van der Waals surface area contributed by atoms with Gasteiger partial charge in [-0.2, -0.15) is 8.51 Å². The second kappa shape index (κ2) is 6.49. The summed E-state index contributed by atoms with van der Waals surface area (Å²) in [7, 11) is 1.47. The van der Waals surface area contributed by atoms with Crippen molar-refractivity contribution in [2.24, 2.45) is 0 Å². The van der Waals surface area contributed by atoms with E-state index in [2.05, 4.69) is 0 Å². The molecule has 1 aliphatic rings. The van der Waals surface area contributed by atoms with Gasteiger partial charge in [0.2, 0.25) is 0 Å². The van der Waals surface area contributed by atoms with Crippen molar-refractivity contribution in [1.29, 1.82) is 0 Å². The fraction of sp³-hybridized carbons (Fsp3) is 0.667. The van der Waals surface area contributed by atoms with Crippen LogP contribution in [0.15, 0.2) is 12.0 Å². The first-order valence-corrected chi connectivity index (χ1v) is 5.97. The van der Waals surface area contributed by atoms with Crippen LogP contribution in [0.2, 0.25) is 0 Å². The number of hydrogen-bond acceptors (Lipinski definition) is 5. The molecular formula is C9H15NO5S. The molecule has 0 spiro atoms. The van der Waals surface area contributed by atoms with Crippen LogP contribution in [0.5, 0.6) is 0 Å². The van der Waals surface area contributed by atoms with Crippen LogP contribution in [0.1, 0.15) is 19.8 Å². The Morgan fingerprint density at radius 1 is 1.62 bits per heavy atom. The average molecular weight is 249 g/mol. The molecule has 0 N–H and O–H groups in total. The normalized spacial score (nSPS) is 19.2. The number of carbonyl (C=O) groups excluding carboxylic acids is 1. The van der Waals surface area contributed by atoms with Gasteiger partial charge in [-0.1, -0.05) is 13.3 Å². The largest absolute Gasteiger partial charge is 0.448 e. The molecule has 0 aromatic carbocycles. The van der Waals surface area contributed by atoms with E-state index in [1.54, 1.807) is 0 Å². The van der Waals surface area contributed by atoms with E-state index in [9.17, 15) is 9.00 Å². The first-order valence-electron chi connectivity index (χ1n) is 4.94. The highest BCUT2D eigenvalue weighted by Gasteiger charge is 2.32. The van der Waals surface area contributed by atoms with Crippen molar-refractivity contribution in [2.45, 2.75) is 19.8 Å². The van der Waals surface area contributed by atoms with Crippen LogP contribution in [0.4, 0.5) is 4.79 Å². The van der Waals surface area contributed by atoms with Crippen LogP contribution in [0.3, 0.4) is 0 Å². The number of unbranched alkanes of at least 4 members (excludes halogenated alkanes) is 1. The summed E-state index contributed by atoms with van der Waals surface area (Å²) in [5.74, 6) is 0. The molecule has 0 aromatic heterocycles. The topological polar surface area (TPSA) is 65.1 Å². The monoisotopic (exact) mass is 249 g/mol. The molecule has 1 amide bonds. The Morgan fingerprint density at radius 2 is 2.38 bits per heavy atom. The van der Waals surface area contributed by atoms with Crippen molar-refractivity contribution < 1.29 is 22.7 Å². The van der Waals surface area contributed by atoms with Crippen LogP contribution in [-0.2, 0) is 24.9 Å². The highest BCUT2D eigenvalue weighted by Crippen LogP contribution is 2.19.